The summed E-state index contributed by atoms with van der Waals surface area (Å²) < 4.78 is 5.40. The van der Waals surface area contributed by atoms with Crippen molar-refractivity contribution in [3.63, 3.8) is 0 Å². The molecule has 3 unspecified atom stereocenters. The van der Waals surface area contributed by atoms with Gasteiger partial charge in [-0.25, -0.2) is 4.79 Å². The summed E-state index contributed by atoms with van der Waals surface area (Å²) in [5, 5.41) is 10.7. The van der Waals surface area contributed by atoms with Crippen molar-refractivity contribution in [3.05, 3.63) is 35.9 Å². The van der Waals surface area contributed by atoms with E-state index in [2.05, 4.69) is 35.1 Å². The molecule has 6 amide bonds. The summed E-state index contributed by atoms with van der Waals surface area (Å²) in [5.41, 5.74) is 0.343. The highest BCUT2D eigenvalue weighted by molar-refractivity contribution is 6.38. The van der Waals surface area contributed by atoms with Crippen LogP contribution < -0.4 is 21.3 Å². The maximum atomic E-state index is 14.4. The largest absolute Gasteiger partial charge is 0.449 e. The molecule has 8 atom stereocenters. The monoisotopic (exact) mass is 750 g/mol. The molecule has 4 N–H and O–H groups in total. The van der Waals surface area contributed by atoms with E-state index in [-0.39, 0.29) is 59.3 Å². The number of ketones is 1. The Labute approximate surface area is 318 Å². The van der Waals surface area contributed by atoms with Gasteiger partial charge >= 0.3 is 6.09 Å². The number of piperidine rings is 1. The van der Waals surface area contributed by atoms with E-state index in [1.54, 1.807) is 49.3 Å². The zero-order valence-corrected chi connectivity index (χ0v) is 32.7. The van der Waals surface area contributed by atoms with Gasteiger partial charge in [-0.1, -0.05) is 84.2 Å². The van der Waals surface area contributed by atoms with Gasteiger partial charge in [0, 0.05) is 20.6 Å². The van der Waals surface area contributed by atoms with Crippen LogP contribution in [0.25, 0.3) is 0 Å². The fourth-order valence-corrected chi connectivity index (χ4v) is 8.46. The van der Waals surface area contributed by atoms with Crippen LogP contribution in [0.1, 0.15) is 84.7 Å². The van der Waals surface area contributed by atoms with Crippen molar-refractivity contribution in [2.24, 2.45) is 40.9 Å². The van der Waals surface area contributed by atoms with E-state index in [1.807, 2.05) is 20.8 Å². The third-order valence-corrected chi connectivity index (χ3v) is 11.9. The van der Waals surface area contributed by atoms with E-state index in [0.29, 0.717) is 18.5 Å². The summed E-state index contributed by atoms with van der Waals surface area (Å²) in [7, 11) is 3.14. The molecule has 0 bridgehead atoms. The van der Waals surface area contributed by atoms with Gasteiger partial charge in [0.25, 0.3) is 5.91 Å². The van der Waals surface area contributed by atoms with Crippen molar-refractivity contribution in [1.29, 1.82) is 0 Å². The molecular formula is C40H58N6O8. The lowest BCUT2D eigenvalue weighted by Gasteiger charge is -2.37. The summed E-state index contributed by atoms with van der Waals surface area (Å²) in [6.45, 7) is 9.89. The normalized spacial score (nSPS) is 25.6. The van der Waals surface area contributed by atoms with Crippen LogP contribution in [0.3, 0.4) is 0 Å². The van der Waals surface area contributed by atoms with Gasteiger partial charge in [0.05, 0.1) is 13.2 Å². The first kappa shape index (κ1) is 40.7. The number of benzene rings is 1. The number of Topliss-reactive ketones (excluding diaryl/α,β-unsaturated/α-hetero) is 1. The predicted molar refractivity (Wildman–Crippen MR) is 199 cm³/mol. The van der Waals surface area contributed by atoms with Crippen LogP contribution in [0.5, 0.6) is 0 Å². The number of ether oxygens (including phenoxy) is 1. The molecule has 0 aromatic heterocycles. The predicted octanol–water partition coefficient (Wildman–Crippen LogP) is 2.57. The molecule has 3 saturated carbocycles. The van der Waals surface area contributed by atoms with E-state index >= 15 is 0 Å². The van der Waals surface area contributed by atoms with Crippen molar-refractivity contribution < 1.29 is 38.3 Å². The zero-order chi connectivity index (χ0) is 39.5. The second kappa shape index (κ2) is 16.9. The van der Waals surface area contributed by atoms with E-state index < -0.39 is 60.3 Å². The number of carbonyl (C=O) groups excluding carboxylic acids is 7. The Morgan fingerprint density at radius 1 is 0.926 bits per heavy atom. The minimum Gasteiger partial charge on any atom is -0.449 e. The molecule has 5 rings (SSSR count). The van der Waals surface area contributed by atoms with E-state index in [1.165, 1.54) is 4.90 Å². The van der Waals surface area contributed by atoms with Crippen LogP contribution >= 0.6 is 0 Å². The fraction of sp³-hybridized carbons (Fsp3) is 0.675. The van der Waals surface area contributed by atoms with Crippen molar-refractivity contribution in [2.75, 3.05) is 33.8 Å². The van der Waals surface area contributed by atoms with Gasteiger partial charge in [0.1, 0.15) is 24.2 Å². The first-order valence-electron chi connectivity index (χ1n) is 19.4. The van der Waals surface area contributed by atoms with Gasteiger partial charge in [-0.2, -0.15) is 0 Å². The Morgan fingerprint density at radius 3 is 2.17 bits per heavy atom. The number of hydrogen-bond donors (Lipinski definition) is 4. The number of carbonyl (C=O) groups is 7. The van der Waals surface area contributed by atoms with Crippen LogP contribution in [0.4, 0.5) is 4.79 Å². The number of amides is 6. The zero-order valence-electron chi connectivity index (χ0n) is 32.7. The Balaban J connectivity index is 1.27. The quantitative estimate of drug-likeness (QED) is 0.197. The van der Waals surface area contributed by atoms with Crippen LogP contribution in [0, 0.1) is 40.9 Å². The van der Waals surface area contributed by atoms with Gasteiger partial charge in [0.15, 0.2) is 0 Å². The minimum atomic E-state index is -1.15. The van der Waals surface area contributed by atoms with Crippen molar-refractivity contribution in [2.45, 2.75) is 97.3 Å². The summed E-state index contributed by atoms with van der Waals surface area (Å²) in [5.74, 6) is -4.09. The van der Waals surface area contributed by atoms with Gasteiger partial charge in [-0.3, -0.25) is 28.8 Å². The second-order valence-electron chi connectivity index (χ2n) is 17.0. The maximum Gasteiger partial charge on any atom is 0.407 e. The third-order valence-electron chi connectivity index (χ3n) is 11.9. The molecule has 14 heteroatoms. The lowest BCUT2D eigenvalue weighted by molar-refractivity contribution is -0.145. The highest BCUT2D eigenvalue weighted by atomic mass is 16.5. The van der Waals surface area contributed by atoms with Crippen LogP contribution in [0.15, 0.2) is 30.3 Å². The lowest BCUT2D eigenvalue weighted by atomic mass is 9.83. The molecule has 1 aromatic carbocycles. The van der Waals surface area contributed by atoms with Crippen LogP contribution in [0.2, 0.25) is 0 Å². The van der Waals surface area contributed by atoms with Crippen LogP contribution in [-0.2, 0) is 33.5 Å². The fourth-order valence-electron chi connectivity index (χ4n) is 8.46. The van der Waals surface area contributed by atoms with Gasteiger partial charge < -0.3 is 35.8 Å². The Kier molecular flexibility index (Phi) is 12.7. The maximum absolute atomic E-state index is 14.4. The van der Waals surface area contributed by atoms with E-state index in [4.69, 9.17) is 4.74 Å². The third kappa shape index (κ3) is 9.23. The average molecular weight is 751 g/mol. The number of nitrogens with zero attached hydrogens (tertiary/aromatic N) is 2. The van der Waals surface area contributed by atoms with E-state index in [0.717, 1.165) is 32.1 Å². The molecule has 4 aliphatic rings. The molecule has 0 radical (unpaired) electrons. The summed E-state index contributed by atoms with van der Waals surface area (Å²) in [4.78, 5) is 97.3. The van der Waals surface area contributed by atoms with Crippen molar-refractivity contribution in [1.82, 2.24) is 31.1 Å². The first-order chi connectivity index (χ1) is 25.5. The number of alkyl carbamates (subject to hydrolysis) is 1. The standard InChI is InChI=1S/C40H58N6O8/c1-22(2)21-54-39(53)44-31(25-16-12-9-13-17-25)38(52)46-20-27-29(40(27,4)5)33(46)35(49)43-32(26-18-23(26)3)34(48)36(50)41-19-28(47)42-30(37(51)45(6)7)24-14-10-8-11-15-24/h8,10-11,14-15,22-23,25-27,29-33H,9,12-13,16-21H2,1-7H3,(H,41,50)(H,42,47)(H,43,49)(H,44,53)/t23?,26?,27-,29-,30-,31-,32?,33-/m0/s1. The number of fused-ring (bicyclic) bond motifs is 1. The molecule has 3 aliphatic carbocycles. The summed E-state index contributed by atoms with van der Waals surface area (Å²) in [6.07, 6.45) is 4.43. The molecule has 14 nitrogen and oxygen atoms in total. The molecule has 296 valence electrons. The Hall–Kier alpha value is -4.49. The average Bonchev–Trinajstić information content (AvgIpc) is 3.92. The molecule has 1 aliphatic heterocycles. The number of rotatable bonds is 15. The summed E-state index contributed by atoms with van der Waals surface area (Å²) in [6, 6.07) is 4.79. The number of hydrogen-bond acceptors (Lipinski definition) is 8. The van der Waals surface area contributed by atoms with E-state index in [9.17, 15) is 33.6 Å². The summed E-state index contributed by atoms with van der Waals surface area (Å²) >= 11 is 0. The van der Waals surface area contributed by atoms with Crippen molar-refractivity contribution >= 4 is 41.4 Å². The molecule has 54 heavy (non-hydrogen) atoms. The highest BCUT2D eigenvalue weighted by Gasteiger charge is 2.70. The van der Waals surface area contributed by atoms with Crippen LogP contribution in [-0.4, -0.2) is 103 Å². The number of nitrogens with one attached hydrogen (secondary N) is 4. The number of likely N-dealkylation sites (tertiary alicyclic amines) is 1. The van der Waals surface area contributed by atoms with Gasteiger partial charge in [0.2, 0.25) is 29.4 Å². The minimum absolute atomic E-state index is 0.0620. The first-order valence-corrected chi connectivity index (χ1v) is 19.4. The highest BCUT2D eigenvalue weighted by Crippen LogP contribution is 2.65. The Bertz CT molecular complexity index is 1590. The molecule has 1 saturated heterocycles. The smallest absolute Gasteiger partial charge is 0.407 e. The molecular weight excluding hydrogens is 692 g/mol. The van der Waals surface area contributed by atoms with Crippen molar-refractivity contribution in [3.8, 4) is 0 Å². The lowest BCUT2D eigenvalue weighted by Crippen LogP contribution is -2.60. The topological polar surface area (TPSA) is 183 Å². The molecule has 4 fully saturated rings. The molecule has 1 heterocycles. The van der Waals surface area contributed by atoms with Gasteiger partial charge in [-0.05, 0) is 65.7 Å². The SMILES string of the molecule is CC(C)COC(=O)N[C@H](C(=O)N1C[C@H]2[C@@H]([C@H]1C(=O)NC(C(=O)C(=O)NCC(=O)N[C@H](C(=O)N(C)C)c1ccccc1)C1CC1C)C2(C)C)C1CCCCC1. The molecule has 1 aromatic rings. The van der Waals surface area contributed by atoms with Gasteiger partial charge in [-0.15, -0.1) is 0 Å². The molecule has 0 spiro atoms. The number of likely N-dealkylation sites (N-methyl/N-ethyl adjacent to an activating group) is 1. The Morgan fingerprint density at radius 2 is 1.57 bits per heavy atom. The second-order valence-corrected chi connectivity index (χ2v) is 17.0.